The monoisotopic (exact) mass is 413 g/mol. The molecule has 3 aromatic rings. The molecular formula is C16H13BrClNO3S. The molecule has 0 aliphatic carbocycles. The van der Waals surface area contributed by atoms with Crippen molar-refractivity contribution < 1.29 is 12.8 Å². The molecule has 0 amide bonds. The number of oxazole rings is 1. The second-order valence-corrected chi connectivity index (χ2v) is 7.32. The summed E-state index contributed by atoms with van der Waals surface area (Å²) in [5, 5.41) is 0.453. The molecule has 0 bridgehead atoms. The van der Waals surface area contributed by atoms with Crippen LogP contribution in [0.3, 0.4) is 0 Å². The lowest BCUT2D eigenvalue weighted by Crippen LogP contribution is -1.95. The van der Waals surface area contributed by atoms with Gasteiger partial charge in [0.05, 0.1) is 11.6 Å². The Bertz CT molecular complexity index is 910. The van der Waals surface area contributed by atoms with Gasteiger partial charge in [-0.05, 0) is 42.3 Å². The van der Waals surface area contributed by atoms with Crippen molar-refractivity contribution in [2.24, 2.45) is 0 Å². The average Bonchev–Trinajstić information content (AvgIpc) is 2.92. The van der Waals surface area contributed by atoms with Gasteiger partial charge in [0.1, 0.15) is 5.52 Å². The molecule has 0 radical (unpaired) electrons. The van der Waals surface area contributed by atoms with Gasteiger partial charge in [-0.1, -0.05) is 33.6 Å². The van der Waals surface area contributed by atoms with E-state index in [4.69, 9.17) is 20.2 Å². The van der Waals surface area contributed by atoms with E-state index in [-0.39, 0.29) is 6.61 Å². The number of benzene rings is 2. The Kier molecular flexibility index (Phi) is 4.87. The zero-order chi connectivity index (χ0) is 16.6. The molecule has 0 aliphatic rings. The summed E-state index contributed by atoms with van der Waals surface area (Å²) in [5.74, 6) is 0.512. The Morgan fingerprint density at radius 3 is 2.91 bits per heavy atom. The van der Waals surface area contributed by atoms with Crippen LogP contribution in [0.4, 0.5) is 0 Å². The smallest absolute Gasteiger partial charge is 0.227 e. The Balaban J connectivity index is 2.06. The maximum atomic E-state index is 11.0. The topological polar surface area (TPSA) is 52.3 Å². The molecule has 23 heavy (non-hydrogen) atoms. The van der Waals surface area contributed by atoms with Crippen molar-refractivity contribution in [2.45, 2.75) is 13.5 Å². The third-order valence-corrected chi connectivity index (χ3v) is 4.98. The summed E-state index contributed by atoms with van der Waals surface area (Å²) in [6.07, 6.45) is 1.48. The van der Waals surface area contributed by atoms with Gasteiger partial charge in [-0.3, -0.25) is 4.18 Å². The van der Waals surface area contributed by atoms with Crippen LogP contribution < -0.4 is 0 Å². The fourth-order valence-corrected chi connectivity index (χ4v) is 3.18. The lowest BCUT2D eigenvalue weighted by molar-refractivity contribution is 0.340. The van der Waals surface area contributed by atoms with Crippen LogP contribution in [0.2, 0.25) is 5.02 Å². The van der Waals surface area contributed by atoms with Crippen LogP contribution in [-0.2, 0) is 21.9 Å². The molecule has 1 aromatic heterocycles. The van der Waals surface area contributed by atoms with Crippen molar-refractivity contribution in [1.29, 1.82) is 0 Å². The van der Waals surface area contributed by atoms with Gasteiger partial charge >= 0.3 is 0 Å². The molecule has 0 fully saturated rings. The molecule has 3 rings (SSSR count). The third kappa shape index (κ3) is 3.50. The highest BCUT2D eigenvalue weighted by molar-refractivity contribution is 9.10. The second kappa shape index (κ2) is 6.73. The first-order valence-electron chi connectivity index (χ1n) is 6.77. The highest BCUT2D eigenvalue weighted by atomic mass is 79.9. The first kappa shape index (κ1) is 16.6. The van der Waals surface area contributed by atoms with Crippen molar-refractivity contribution in [3.63, 3.8) is 0 Å². The van der Waals surface area contributed by atoms with Gasteiger partial charge in [-0.25, -0.2) is 9.19 Å². The summed E-state index contributed by atoms with van der Waals surface area (Å²) >= 11 is 8.45. The summed E-state index contributed by atoms with van der Waals surface area (Å²) < 4.78 is 23.0. The van der Waals surface area contributed by atoms with Gasteiger partial charge in [-0.2, -0.15) is 0 Å². The molecule has 0 aliphatic heterocycles. The Hall–Kier alpha value is -1.21. The molecule has 0 N–H and O–H groups in total. The summed E-state index contributed by atoms with van der Waals surface area (Å²) in [4.78, 5) is 4.53. The lowest BCUT2D eigenvalue weighted by atomic mass is 10.1. The molecule has 0 saturated heterocycles. The molecule has 2 aromatic carbocycles. The maximum absolute atomic E-state index is 11.0. The predicted octanol–water partition coefficient (Wildman–Crippen LogP) is 5.03. The SMILES string of the molecule is Cc1c(Br)cccc1-c1nc2cc(COS(C)=O)cc(Cl)c2o1. The predicted molar refractivity (Wildman–Crippen MR) is 95.7 cm³/mol. The van der Waals surface area contributed by atoms with E-state index >= 15 is 0 Å². The molecule has 1 atom stereocenters. The van der Waals surface area contributed by atoms with E-state index in [2.05, 4.69) is 20.9 Å². The molecular weight excluding hydrogens is 402 g/mol. The summed E-state index contributed by atoms with van der Waals surface area (Å²) in [6.45, 7) is 2.20. The Morgan fingerprint density at radius 1 is 1.39 bits per heavy atom. The van der Waals surface area contributed by atoms with Crippen molar-refractivity contribution in [2.75, 3.05) is 6.26 Å². The first-order chi connectivity index (χ1) is 11.0. The Labute approximate surface area is 149 Å². The van der Waals surface area contributed by atoms with E-state index in [1.807, 2.05) is 31.2 Å². The lowest BCUT2D eigenvalue weighted by Gasteiger charge is -2.02. The largest absolute Gasteiger partial charge is 0.434 e. The van der Waals surface area contributed by atoms with Crippen LogP contribution in [0.15, 0.2) is 39.2 Å². The van der Waals surface area contributed by atoms with Gasteiger partial charge < -0.3 is 4.42 Å². The van der Waals surface area contributed by atoms with Crippen LogP contribution in [0.5, 0.6) is 0 Å². The average molecular weight is 415 g/mol. The summed E-state index contributed by atoms with van der Waals surface area (Å²) in [7, 11) is 0. The zero-order valence-corrected chi connectivity index (χ0v) is 15.6. The number of fused-ring (bicyclic) bond motifs is 1. The fourth-order valence-electron chi connectivity index (χ4n) is 2.24. The number of hydrogen-bond acceptors (Lipinski definition) is 4. The minimum atomic E-state index is -1.33. The van der Waals surface area contributed by atoms with Gasteiger partial charge in [-0.15, -0.1) is 0 Å². The van der Waals surface area contributed by atoms with E-state index in [9.17, 15) is 4.21 Å². The highest BCUT2D eigenvalue weighted by Gasteiger charge is 2.15. The minimum absolute atomic E-state index is 0.205. The minimum Gasteiger partial charge on any atom is -0.434 e. The standard InChI is InChI=1S/C16H13BrClNO3S/c1-9-11(4-3-5-12(9)17)16-19-14-7-10(8-21-23(2)20)6-13(18)15(14)22-16/h3-7H,8H2,1-2H3. The molecule has 4 nitrogen and oxygen atoms in total. The molecule has 1 unspecified atom stereocenters. The number of halogens is 2. The number of rotatable bonds is 4. The normalized spacial score (nSPS) is 12.7. The second-order valence-electron chi connectivity index (χ2n) is 5.02. The molecule has 1 heterocycles. The van der Waals surface area contributed by atoms with E-state index in [0.29, 0.717) is 22.0 Å². The number of hydrogen-bond donors (Lipinski definition) is 0. The fraction of sp³-hybridized carbons (Fsp3) is 0.188. The van der Waals surface area contributed by atoms with Crippen LogP contribution in [0.25, 0.3) is 22.6 Å². The van der Waals surface area contributed by atoms with Crippen molar-refractivity contribution in [1.82, 2.24) is 4.98 Å². The van der Waals surface area contributed by atoms with Gasteiger partial charge in [0, 0.05) is 16.3 Å². The van der Waals surface area contributed by atoms with Gasteiger partial charge in [0.15, 0.2) is 16.7 Å². The summed E-state index contributed by atoms with van der Waals surface area (Å²) in [6, 6.07) is 9.41. The Morgan fingerprint density at radius 2 is 2.17 bits per heavy atom. The number of aromatic nitrogens is 1. The van der Waals surface area contributed by atoms with Crippen LogP contribution in [0.1, 0.15) is 11.1 Å². The quantitative estimate of drug-likeness (QED) is 0.601. The summed E-state index contributed by atoms with van der Waals surface area (Å²) in [5.41, 5.74) is 3.91. The van der Waals surface area contributed by atoms with Crippen LogP contribution in [-0.4, -0.2) is 15.4 Å². The van der Waals surface area contributed by atoms with Crippen molar-refractivity contribution in [3.05, 3.63) is 51.0 Å². The first-order valence-corrected chi connectivity index (χ1v) is 9.42. The van der Waals surface area contributed by atoms with Crippen molar-refractivity contribution >= 4 is 49.7 Å². The van der Waals surface area contributed by atoms with Crippen molar-refractivity contribution in [3.8, 4) is 11.5 Å². The molecule has 0 saturated carbocycles. The third-order valence-electron chi connectivity index (χ3n) is 3.39. The van der Waals surface area contributed by atoms with Crippen LogP contribution >= 0.6 is 27.5 Å². The molecule has 0 spiro atoms. The van der Waals surface area contributed by atoms with E-state index < -0.39 is 11.1 Å². The van der Waals surface area contributed by atoms with E-state index in [1.54, 1.807) is 6.07 Å². The van der Waals surface area contributed by atoms with Gasteiger partial charge in [0.2, 0.25) is 5.89 Å². The highest BCUT2D eigenvalue weighted by Crippen LogP contribution is 2.33. The van der Waals surface area contributed by atoms with E-state index in [1.165, 1.54) is 6.26 Å². The van der Waals surface area contributed by atoms with Crippen LogP contribution in [0, 0.1) is 6.92 Å². The molecule has 120 valence electrons. The maximum Gasteiger partial charge on any atom is 0.227 e. The van der Waals surface area contributed by atoms with Gasteiger partial charge in [0.25, 0.3) is 0 Å². The van der Waals surface area contributed by atoms with E-state index in [0.717, 1.165) is 21.2 Å². The molecule has 7 heteroatoms. The number of nitrogens with zero attached hydrogens (tertiary/aromatic N) is 1. The zero-order valence-electron chi connectivity index (χ0n) is 12.4.